The van der Waals surface area contributed by atoms with Crippen molar-refractivity contribution < 1.29 is 49.4 Å². The van der Waals surface area contributed by atoms with E-state index in [4.69, 9.17) is 9.84 Å². The molecule has 0 radical (unpaired) electrons. The number of carbonyl (C=O) groups is 4. The molecule has 1 heterocycles. The SMILES string of the molecule is CCCCCCCCCCCCCCCCCC(=O)N(CCCCCCCCCCCC)[C@@H]1O[C@H](CO)[C@@H](O)[C@H](O)[C@@H]1NC(=O)[C@H](CO)NC(=O)CCCC(=O)O. The molecule has 0 aromatic rings. The molecule has 1 saturated heterocycles. The third-order valence-corrected chi connectivity index (χ3v) is 11.2. The summed E-state index contributed by atoms with van der Waals surface area (Å²) in [5.74, 6) is -2.78. The van der Waals surface area contributed by atoms with Crippen molar-refractivity contribution >= 4 is 23.7 Å². The average molecular weight is 814 g/mol. The van der Waals surface area contributed by atoms with Gasteiger partial charge in [-0.1, -0.05) is 162 Å². The van der Waals surface area contributed by atoms with Crippen LogP contribution in [0.5, 0.6) is 0 Å². The van der Waals surface area contributed by atoms with Crippen molar-refractivity contribution in [2.24, 2.45) is 0 Å². The summed E-state index contributed by atoms with van der Waals surface area (Å²) in [6.45, 7) is 3.33. The fraction of sp³-hybridized carbons (Fsp3) is 0.909. The number of rotatable bonds is 37. The Morgan fingerprint density at radius 3 is 1.49 bits per heavy atom. The maximum atomic E-state index is 14.0. The number of hydrogen-bond donors (Lipinski definition) is 7. The predicted molar refractivity (Wildman–Crippen MR) is 223 cm³/mol. The van der Waals surface area contributed by atoms with Crippen LogP contribution in [0.1, 0.15) is 200 Å². The van der Waals surface area contributed by atoms with Gasteiger partial charge in [0.1, 0.15) is 30.4 Å². The highest BCUT2D eigenvalue weighted by Gasteiger charge is 2.48. The summed E-state index contributed by atoms with van der Waals surface area (Å²) >= 11 is 0. The highest BCUT2D eigenvalue weighted by molar-refractivity contribution is 5.88. The van der Waals surface area contributed by atoms with E-state index in [1.807, 2.05) is 0 Å². The van der Waals surface area contributed by atoms with Gasteiger partial charge in [0.2, 0.25) is 17.7 Å². The minimum absolute atomic E-state index is 0.0440. The van der Waals surface area contributed by atoms with E-state index in [2.05, 4.69) is 24.5 Å². The molecule has 0 bridgehead atoms. The van der Waals surface area contributed by atoms with Crippen molar-refractivity contribution in [2.45, 2.75) is 237 Å². The fourth-order valence-corrected chi connectivity index (χ4v) is 7.60. The predicted octanol–water partition coefficient (Wildman–Crippen LogP) is 6.65. The lowest BCUT2D eigenvalue weighted by Crippen LogP contribution is -2.70. The van der Waals surface area contributed by atoms with Crippen LogP contribution < -0.4 is 10.6 Å². The van der Waals surface area contributed by atoms with Crippen LogP contribution in [0.3, 0.4) is 0 Å². The highest BCUT2D eigenvalue weighted by Crippen LogP contribution is 2.26. The van der Waals surface area contributed by atoms with E-state index in [0.29, 0.717) is 12.8 Å². The molecule has 0 unspecified atom stereocenters. The first kappa shape index (κ1) is 52.7. The normalized spacial score (nSPS) is 19.9. The van der Waals surface area contributed by atoms with Gasteiger partial charge in [-0.2, -0.15) is 0 Å². The second-order valence-corrected chi connectivity index (χ2v) is 16.3. The summed E-state index contributed by atoms with van der Waals surface area (Å²) < 4.78 is 6.08. The molecule has 13 heteroatoms. The zero-order valence-corrected chi connectivity index (χ0v) is 35.8. The maximum absolute atomic E-state index is 14.0. The summed E-state index contributed by atoms with van der Waals surface area (Å²) in [6.07, 6.45) is 23.3. The Bertz CT molecular complexity index is 1050. The number of aliphatic carboxylic acids is 1. The molecule has 7 N–H and O–H groups in total. The van der Waals surface area contributed by atoms with E-state index in [1.165, 1.54) is 108 Å². The number of carboxylic acid groups (broad SMARTS) is 1. The topological polar surface area (TPSA) is 206 Å². The van der Waals surface area contributed by atoms with Crippen molar-refractivity contribution in [2.75, 3.05) is 19.8 Å². The Labute approximate surface area is 344 Å². The van der Waals surface area contributed by atoms with Crippen LogP contribution in [-0.4, -0.2) is 111 Å². The van der Waals surface area contributed by atoms with Crippen molar-refractivity contribution in [3.63, 3.8) is 0 Å². The van der Waals surface area contributed by atoms with E-state index in [-0.39, 0.29) is 38.1 Å². The summed E-state index contributed by atoms with van der Waals surface area (Å²) in [5.41, 5.74) is 0. The van der Waals surface area contributed by atoms with E-state index in [0.717, 1.165) is 44.9 Å². The number of nitrogens with zero attached hydrogens (tertiary/aromatic N) is 1. The van der Waals surface area contributed by atoms with Gasteiger partial charge in [-0.25, -0.2) is 0 Å². The van der Waals surface area contributed by atoms with Gasteiger partial charge in [0.15, 0.2) is 6.23 Å². The molecule has 57 heavy (non-hydrogen) atoms. The molecule has 1 aliphatic rings. The lowest BCUT2D eigenvalue weighted by molar-refractivity contribution is -0.231. The zero-order valence-electron chi connectivity index (χ0n) is 35.8. The number of carboxylic acids is 1. The summed E-state index contributed by atoms with van der Waals surface area (Å²) in [6, 6.07) is -2.77. The third-order valence-electron chi connectivity index (χ3n) is 11.2. The first-order valence-electron chi connectivity index (χ1n) is 22.9. The summed E-state index contributed by atoms with van der Waals surface area (Å²) in [7, 11) is 0. The first-order valence-corrected chi connectivity index (χ1v) is 22.9. The number of unbranched alkanes of at least 4 members (excludes halogenated alkanes) is 23. The van der Waals surface area contributed by atoms with Gasteiger partial charge >= 0.3 is 5.97 Å². The lowest BCUT2D eigenvalue weighted by Gasteiger charge is -2.47. The van der Waals surface area contributed by atoms with Gasteiger partial charge < -0.3 is 45.8 Å². The minimum atomic E-state index is -1.63. The number of ether oxygens (including phenoxy) is 1. The second kappa shape index (κ2) is 34.5. The van der Waals surface area contributed by atoms with Gasteiger partial charge in [-0.05, 0) is 19.3 Å². The van der Waals surface area contributed by atoms with Crippen LogP contribution in [-0.2, 0) is 23.9 Å². The Kier molecular flexibility index (Phi) is 31.9. The smallest absolute Gasteiger partial charge is 0.303 e. The molecule has 0 spiro atoms. The number of nitrogens with one attached hydrogen (secondary N) is 2. The minimum Gasteiger partial charge on any atom is -0.481 e. The number of carbonyl (C=O) groups excluding carboxylic acids is 3. The van der Waals surface area contributed by atoms with Crippen LogP contribution >= 0.6 is 0 Å². The van der Waals surface area contributed by atoms with E-state index in [1.54, 1.807) is 0 Å². The maximum Gasteiger partial charge on any atom is 0.303 e. The monoisotopic (exact) mass is 814 g/mol. The van der Waals surface area contributed by atoms with Crippen LogP contribution in [0, 0.1) is 0 Å². The number of aliphatic hydroxyl groups is 4. The van der Waals surface area contributed by atoms with E-state index >= 15 is 0 Å². The first-order chi connectivity index (χ1) is 27.6. The van der Waals surface area contributed by atoms with Crippen molar-refractivity contribution in [3.05, 3.63) is 0 Å². The van der Waals surface area contributed by atoms with Crippen molar-refractivity contribution in [1.29, 1.82) is 0 Å². The average Bonchev–Trinajstić information content (AvgIpc) is 3.19. The highest BCUT2D eigenvalue weighted by atomic mass is 16.5. The molecule has 6 atom stereocenters. The zero-order chi connectivity index (χ0) is 42.1. The standard InChI is InChI=1S/C44H83N3O10/c1-3-5-7-9-11-13-15-16-17-18-19-20-22-24-26-30-38(51)47(32-27-25-23-21-14-12-10-8-6-4-2)44-40(42(55)41(54)36(34-49)57-44)46-43(56)35(33-48)45-37(50)29-28-31-39(52)53/h35-36,40-42,44,48-49,54-55H,3-34H2,1-2H3,(H,45,50)(H,46,56)(H,52,53)/t35-,36+,40-,41+,42+,44+/m0/s1. The molecule has 1 aliphatic heterocycles. The number of hydrogen-bond acceptors (Lipinski definition) is 9. The molecule has 3 amide bonds. The molecule has 0 aromatic heterocycles. The fourth-order valence-electron chi connectivity index (χ4n) is 7.60. The quantitative estimate of drug-likeness (QED) is 0.0333. The molecule has 13 nitrogen and oxygen atoms in total. The molecule has 1 fully saturated rings. The summed E-state index contributed by atoms with van der Waals surface area (Å²) in [4.78, 5) is 52.1. The Morgan fingerprint density at radius 2 is 1.05 bits per heavy atom. The summed E-state index contributed by atoms with van der Waals surface area (Å²) in [5, 5.41) is 55.9. The van der Waals surface area contributed by atoms with Crippen LogP contribution in [0.25, 0.3) is 0 Å². The van der Waals surface area contributed by atoms with Crippen molar-refractivity contribution in [1.82, 2.24) is 15.5 Å². The van der Waals surface area contributed by atoms with Crippen LogP contribution in [0.2, 0.25) is 0 Å². The van der Waals surface area contributed by atoms with Gasteiger partial charge in [0.25, 0.3) is 0 Å². The molecular formula is C44H83N3O10. The molecule has 1 rings (SSSR count). The van der Waals surface area contributed by atoms with Crippen molar-refractivity contribution in [3.8, 4) is 0 Å². The Morgan fingerprint density at radius 1 is 0.596 bits per heavy atom. The number of aliphatic hydroxyl groups excluding tert-OH is 4. The van der Waals surface area contributed by atoms with Crippen LogP contribution in [0.4, 0.5) is 0 Å². The molecule has 0 aromatic carbocycles. The number of amides is 3. The van der Waals surface area contributed by atoms with Crippen LogP contribution in [0.15, 0.2) is 0 Å². The van der Waals surface area contributed by atoms with Gasteiger partial charge in [-0.15, -0.1) is 0 Å². The van der Waals surface area contributed by atoms with E-state index in [9.17, 15) is 39.6 Å². The molecule has 0 aliphatic carbocycles. The molecular weight excluding hydrogens is 730 g/mol. The van der Waals surface area contributed by atoms with Gasteiger partial charge in [0, 0.05) is 25.8 Å². The second-order valence-electron chi connectivity index (χ2n) is 16.3. The Hall–Kier alpha value is -2.32. The third kappa shape index (κ3) is 24.4. The largest absolute Gasteiger partial charge is 0.481 e. The van der Waals surface area contributed by atoms with Gasteiger partial charge in [-0.3, -0.25) is 19.2 Å². The Balaban J connectivity index is 2.86. The van der Waals surface area contributed by atoms with E-state index < -0.39 is 67.6 Å². The molecule has 0 saturated carbocycles. The van der Waals surface area contributed by atoms with Gasteiger partial charge in [0.05, 0.1) is 13.2 Å². The molecule has 334 valence electrons. The lowest BCUT2D eigenvalue weighted by atomic mass is 9.94.